The van der Waals surface area contributed by atoms with Gasteiger partial charge >= 0.3 is 0 Å². The Bertz CT molecular complexity index is 605. The van der Waals surface area contributed by atoms with E-state index in [4.69, 9.17) is 9.26 Å². The van der Waals surface area contributed by atoms with Gasteiger partial charge in [-0.05, 0) is 42.9 Å². The van der Waals surface area contributed by atoms with E-state index in [9.17, 15) is 0 Å². The number of aromatic nitrogens is 2. The lowest BCUT2D eigenvalue weighted by Crippen LogP contribution is -2.03. The van der Waals surface area contributed by atoms with Crippen molar-refractivity contribution in [1.82, 2.24) is 10.1 Å². The predicted octanol–water partition coefficient (Wildman–Crippen LogP) is 4.70. The molecule has 1 atom stereocenters. The molecule has 0 amide bonds. The summed E-state index contributed by atoms with van der Waals surface area (Å²) in [6.45, 7) is 9.33. The van der Waals surface area contributed by atoms with Gasteiger partial charge in [-0.1, -0.05) is 38.1 Å². The van der Waals surface area contributed by atoms with Crippen LogP contribution in [0.3, 0.4) is 0 Å². The van der Waals surface area contributed by atoms with Gasteiger partial charge in [-0.15, -0.1) is 0 Å². The lowest BCUT2D eigenvalue weighted by atomic mass is 9.98. The SMILES string of the molecule is CCC(CCOC)c1noc(-c2ccc(C(C)C)cc2C)n1. The van der Waals surface area contributed by atoms with E-state index in [0.717, 1.165) is 24.2 Å². The van der Waals surface area contributed by atoms with Gasteiger partial charge in [-0.3, -0.25) is 0 Å². The highest BCUT2D eigenvalue weighted by molar-refractivity contribution is 5.59. The quantitative estimate of drug-likeness (QED) is 0.744. The number of nitrogens with zero attached hydrogens (tertiary/aromatic N) is 2. The third kappa shape index (κ3) is 3.74. The molecule has 1 unspecified atom stereocenters. The third-order valence-electron chi connectivity index (χ3n) is 4.12. The van der Waals surface area contributed by atoms with Crippen LogP contribution in [0, 0.1) is 6.92 Å². The van der Waals surface area contributed by atoms with Crippen LogP contribution in [0.5, 0.6) is 0 Å². The molecule has 2 aromatic rings. The van der Waals surface area contributed by atoms with Gasteiger partial charge in [-0.25, -0.2) is 0 Å². The first-order valence-corrected chi connectivity index (χ1v) is 8.00. The van der Waals surface area contributed by atoms with E-state index in [1.807, 2.05) is 0 Å². The molecule has 0 aliphatic carbocycles. The van der Waals surface area contributed by atoms with Gasteiger partial charge < -0.3 is 9.26 Å². The molecule has 22 heavy (non-hydrogen) atoms. The molecular weight excluding hydrogens is 276 g/mol. The summed E-state index contributed by atoms with van der Waals surface area (Å²) in [7, 11) is 1.72. The van der Waals surface area contributed by atoms with Crippen molar-refractivity contribution in [3.63, 3.8) is 0 Å². The van der Waals surface area contributed by atoms with E-state index in [1.165, 1.54) is 11.1 Å². The third-order valence-corrected chi connectivity index (χ3v) is 4.12. The Labute approximate surface area is 132 Å². The van der Waals surface area contributed by atoms with Gasteiger partial charge in [0.2, 0.25) is 0 Å². The first-order valence-electron chi connectivity index (χ1n) is 8.00. The summed E-state index contributed by atoms with van der Waals surface area (Å²) in [4.78, 5) is 4.61. The smallest absolute Gasteiger partial charge is 0.258 e. The van der Waals surface area contributed by atoms with Gasteiger partial charge in [-0.2, -0.15) is 4.98 Å². The Morgan fingerprint density at radius 3 is 2.64 bits per heavy atom. The summed E-state index contributed by atoms with van der Waals surface area (Å²) in [5.74, 6) is 2.19. The zero-order valence-corrected chi connectivity index (χ0v) is 14.2. The van der Waals surface area contributed by atoms with Crippen LogP contribution in [0.4, 0.5) is 0 Å². The Hall–Kier alpha value is -1.68. The van der Waals surface area contributed by atoms with E-state index < -0.39 is 0 Å². The lowest BCUT2D eigenvalue weighted by Gasteiger charge is -2.09. The molecule has 0 N–H and O–H groups in total. The molecule has 1 aromatic heterocycles. The molecule has 4 heteroatoms. The monoisotopic (exact) mass is 302 g/mol. The number of rotatable bonds is 7. The highest BCUT2D eigenvalue weighted by Gasteiger charge is 2.18. The van der Waals surface area contributed by atoms with Crippen LogP contribution in [-0.2, 0) is 4.74 Å². The summed E-state index contributed by atoms with van der Waals surface area (Å²) in [5.41, 5.74) is 3.52. The van der Waals surface area contributed by atoms with Gasteiger partial charge in [0.1, 0.15) is 0 Å². The van der Waals surface area contributed by atoms with Crippen LogP contribution in [0.1, 0.15) is 62.4 Å². The average Bonchev–Trinajstić information content (AvgIpc) is 2.97. The molecule has 1 heterocycles. The molecule has 120 valence electrons. The second-order valence-corrected chi connectivity index (χ2v) is 6.07. The van der Waals surface area contributed by atoms with Gasteiger partial charge in [0.05, 0.1) is 0 Å². The predicted molar refractivity (Wildman–Crippen MR) is 88.1 cm³/mol. The van der Waals surface area contributed by atoms with Crippen molar-refractivity contribution >= 4 is 0 Å². The highest BCUT2D eigenvalue weighted by atomic mass is 16.5. The molecule has 0 saturated carbocycles. The minimum absolute atomic E-state index is 0.285. The maximum Gasteiger partial charge on any atom is 0.258 e. The summed E-state index contributed by atoms with van der Waals surface area (Å²) >= 11 is 0. The van der Waals surface area contributed by atoms with Crippen LogP contribution >= 0.6 is 0 Å². The molecule has 0 aliphatic rings. The maximum atomic E-state index is 5.49. The van der Waals surface area contributed by atoms with Gasteiger partial charge in [0.15, 0.2) is 5.82 Å². The van der Waals surface area contributed by atoms with Crippen LogP contribution in [0.25, 0.3) is 11.5 Å². The minimum Gasteiger partial charge on any atom is -0.385 e. The minimum atomic E-state index is 0.285. The number of benzene rings is 1. The average molecular weight is 302 g/mol. The standard InChI is InChI=1S/C18H26N2O2/c1-6-14(9-10-21-5)17-19-18(22-20-17)16-8-7-15(12(2)3)11-13(16)4/h7-8,11-12,14H,6,9-10H2,1-5H3. The van der Waals surface area contributed by atoms with Crippen molar-refractivity contribution < 1.29 is 9.26 Å². The van der Waals surface area contributed by atoms with Gasteiger partial charge in [0.25, 0.3) is 5.89 Å². The van der Waals surface area contributed by atoms with E-state index in [1.54, 1.807) is 7.11 Å². The molecule has 2 rings (SSSR count). The van der Waals surface area contributed by atoms with E-state index in [0.29, 0.717) is 18.4 Å². The molecule has 0 fully saturated rings. The van der Waals surface area contributed by atoms with Crippen molar-refractivity contribution in [1.29, 1.82) is 0 Å². The van der Waals surface area contributed by atoms with Crippen molar-refractivity contribution in [3.8, 4) is 11.5 Å². The maximum absolute atomic E-state index is 5.49. The molecule has 0 aliphatic heterocycles. The van der Waals surface area contributed by atoms with Crippen molar-refractivity contribution in [2.75, 3.05) is 13.7 Å². The van der Waals surface area contributed by atoms with E-state index in [-0.39, 0.29) is 5.92 Å². The van der Waals surface area contributed by atoms with Crippen molar-refractivity contribution in [3.05, 3.63) is 35.2 Å². The number of methoxy groups -OCH3 is 1. The van der Waals surface area contributed by atoms with Crippen LogP contribution in [0.2, 0.25) is 0 Å². The molecule has 0 saturated heterocycles. The highest BCUT2D eigenvalue weighted by Crippen LogP contribution is 2.28. The molecule has 0 bridgehead atoms. The largest absolute Gasteiger partial charge is 0.385 e. The Morgan fingerprint density at radius 1 is 1.27 bits per heavy atom. The fraction of sp³-hybridized carbons (Fsp3) is 0.556. The van der Waals surface area contributed by atoms with E-state index >= 15 is 0 Å². The molecule has 0 radical (unpaired) electrons. The number of hydrogen-bond donors (Lipinski definition) is 0. The first-order chi connectivity index (χ1) is 10.6. The molecular formula is C18H26N2O2. The lowest BCUT2D eigenvalue weighted by molar-refractivity contribution is 0.185. The molecule has 0 spiro atoms. The van der Waals surface area contributed by atoms with E-state index in [2.05, 4.69) is 56.0 Å². The fourth-order valence-electron chi connectivity index (χ4n) is 2.57. The van der Waals surface area contributed by atoms with Crippen LogP contribution in [0.15, 0.2) is 22.7 Å². The zero-order valence-electron chi connectivity index (χ0n) is 14.2. The molecule has 1 aromatic carbocycles. The second kappa shape index (κ2) is 7.54. The Morgan fingerprint density at radius 2 is 2.05 bits per heavy atom. The second-order valence-electron chi connectivity index (χ2n) is 6.07. The normalized spacial score (nSPS) is 12.8. The Balaban J connectivity index is 2.24. The van der Waals surface area contributed by atoms with Crippen LogP contribution < -0.4 is 0 Å². The van der Waals surface area contributed by atoms with Crippen molar-refractivity contribution in [2.45, 2.75) is 52.4 Å². The number of aryl methyl sites for hydroxylation is 1. The number of hydrogen-bond acceptors (Lipinski definition) is 4. The summed E-state index contributed by atoms with van der Waals surface area (Å²) in [5, 5.41) is 4.17. The fourth-order valence-corrected chi connectivity index (χ4v) is 2.57. The first kappa shape index (κ1) is 16.7. The number of ether oxygens (including phenoxy) is 1. The van der Waals surface area contributed by atoms with Crippen LogP contribution in [-0.4, -0.2) is 23.9 Å². The molecule has 4 nitrogen and oxygen atoms in total. The topological polar surface area (TPSA) is 48.2 Å². The zero-order chi connectivity index (χ0) is 16.1. The summed E-state index contributed by atoms with van der Waals surface area (Å²) in [6, 6.07) is 6.42. The van der Waals surface area contributed by atoms with Gasteiger partial charge in [0, 0.05) is 25.2 Å². The summed E-state index contributed by atoms with van der Waals surface area (Å²) in [6.07, 6.45) is 1.89. The Kier molecular flexibility index (Phi) is 5.72. The van der Waals surface area contributed by atoms with Crippen molar-refractivity contribution in [2.24, 2.45) is 0 Å². The summed E-state index contributed by atoms with van der Waals surface area (Å²) < 4.78 is 10.6.